The normalized spacial score (nSPS) is 11.3. The van der Waals surface area contributed by atoms with Gasteiger partial charge < -0.3 is 0 Å². The molecule has 0 amide bonds. The van der Waals surface area contributed by atoms with Crippen LogP contribution in [0.15, 0.2) is 47.6 Å². The van der Waals surface area contributed by atoms with Gasteiger partial charge in [-0.1, -0.05) is 18.2 Å². The molecule has 0 atom stereocenters. The summed E-state index contributed by atoms with van der Waals surface area (Å²) in [6.07, 6.45) is 2.01. The Kier molecular flexibility index (Phi) is 4.01. The molecule has 1 aromatic carbocycles. The Hall–Kier alpha value is -1.66. The van der Waals surface area contributed by atoms with Crippen LogP contribution in [0.2, 0.25) is 0 Å². The maximum absolute atomic E-state index is 13.0. The van der Waals surface area contributed by atoms with Gasteiger partial charge in [-0.05, 0) is 17.7 Å². The van der Waals surface area contributed by atoms with Gasteiger partial charge in [0.15, 0.2) is 0 Å². The molecule has 0 unspecified atom stereocenters. The Morgan fingerprint density at radius 1 is 1.26 bits per heavy atom. The Morgan fingerprint density at radius 3 is 2.68 bits per heavy atom. The molecule has 19 heavy (non-hydrogen) atoms. The van der Waals surface area contributed by atoms with Crippen LogP contribution in [-0.2, 0) is 15.9 Å². The number of nitrogens with one attached hydrogen (secondary N) is 1. The highest BCUT2D eigenvalue weighted by molar-refractivity contribution is 7.92. The third kappa shape index (κ3) is 3.21. The summed E-state index contributed by atoms with van der Waals surface area (Å²) in [4.78, 5) is 3.28. The van der Waals surface area contributed by atoms with Crippen molar-refractivity contribution in [3.8, 4) is 0 Å². The summed E-state index contributed by atoms with van der Waals surface area (Å²) < 4.78 is 39.5. The highest BCUT2D eigenvalue weighted by Gasteiger charge is 2.16. The molecular weight excluding hydrogens is 291 g/mol. The number of para-hydroxylation sites is 1. The molecule has 4 nitrogen and oxygen atoms in total. The highest BCUT2D eigenvalue weighted by atomic mass is 35.5. The van der Waals surface area contributed by atoms with E-state index in [1.54, 1.807) is 24.3 Å². The van der Waals surface area contributed by atoms with Gasteiger partial charge in [-0.2, -0.15) is 0 Å². The molecule has 1 N–H and O–H groups in total. The summed E-state index contributed by atoms with van der Waals surface area (Å²) in [6, 6.07) is 7.62. The average molecular weight is 301 g/mol. The molecule has 2 aromatic rings. The molecule has 0 saturated heterocycles. The van der Waals surface area contributed by atoms with E-state index in [2.05, 4.69) is 9.71 Å². The van der Waals surface area contributed by atoms with Crippen molar-refractivity contribution in [1.82, 2.24) is 4.98 Å². The minimum absolute atomic E-state index is 0.167. The lowest BCUT2D eigenvalue weighted by molar-refractivity contribution is 0.592. The number of rotatable bonds is 4. The molecule has 100 valence electrons. The molecule has 0 aliphatic heterocycles. The standard InChI is InChI=1S/C12H10ClFN2O2S/c13-6-9-3-1-2-4-12(9)16-19(17,18)11-5-10(14)7-15-8-11/h1-5,7-8,16H,6H2. The van der Waals surface area contributed by atoms with Gasteiger partial charge in [0.2, 0.25) is 0 Å². The number of sulfonamides is 1. The van der Waals surface area contributed by atoms with Crippen LogP contribution in [0.5, 0.6) is 0 Å². The van der Waals surface area contributed by atoms with E-state index in [1.165, 1.54) is 0 Å². The van der Waals surface area contributed by atoms with Crippen molar-refractivity contribution in [1.29, 1.82) is 0 Å². The molecule has 0 spiro atoms. The lowest BCUT2D eigenvalue weighted by atomic mass is 10.2. The fourth-order valence-electron chi connectivity index (χ4n) is 1.48. The molecule has 2 rings (SSSR count). The van der Waals surface area contributed by atoms with Crippen LogP contribution in [0.4, 0.5) is 10.1 Å². The number of hydrogen-bond donors (Lipinski definition) is 1. The summed E-state index contributed by atoms with van der Waals surface area (Å²) in [5.74, 6) is -0.548. The molecular formula is C12H10ClFN2O2S. The quantitative estimate of drug-likeness (QED) is 0.883. The van der Waals surface area contributed by atoms with Gasteiger partial charge in [0.25, 0.3) is 10.0 Å². The first kappa shape index (κ1) is 13.8. The first-order chi connectivity index (χ1) is 9.03. The van der Waals surface area contributed by atoms with E-state index in [0.29, 0.717) is 11.3 Å². The predicted molar refractivity (Wildman–Crippen MR) is 71.0 cm³/mol. The van der Waals surface area contributed by atoms with Gasteiger partial charge in [-0.15, -0.1) is 11.6 Å². The lowest BCUT2D eigenvalue weighted by Crippen LogP contribution is -2.14. The summed E-state index contributed by atoms with van der Waals surface area (Å²) in [7, 11) is -3.88. The van der Waals surface area contributed by atoms with E-state index in [4.69, 9.17) is 11.6 Å². The number of halogens is 2. The molecule has 0 aliphatic carbocycles. The minimum Gasteiger partial charge on any atom is -0.279 e. The molecule has 0 bridgehead atoms. The van der Waals surface area contributed by atoms with Crippen molar-refractivity contribution in [3.05, 3.63) is 54.1 Å². The van der Waals surface area contributed by atoms with Gasteiger partial charge in [0.1, 0.15) is 10.7 Å². The summed E-state index contributed by atoms with van der Waals surface area (Å²) in [5.41, 5.74) is 0.999. The van der Waals surface area contributed by atoms with E-state index in [9.17, 15) is 12.8 Å². The second-order valence-corrected chi connectivity index (χ2v) is 5.68. The Balaban J connectivity index is 2.37. The van der Waals surface area contributed by atoms with Crippen molar-refractivity contribution >= 4 is 27.3 Å². The van der Waals surface area contributed by atoms with Gasteiger partial charge in [0, 0.05) is 12.1 Å². The number of anilines is 1. The molecule has 0 radical (unpaired) electrons. The van der Waals surface area contributed by atoms with Crippen LogP contribution in [0.25, 0.3) is 0 Å². The van der Waals surface area contributed by atoms with E-state index < -0.39 is 15.8 Å². The Morgan fingerprint density at radius 2 is 2.00 bits per heavy atom. The maximum Gasteiger partial charge on any atom is 0.263 e. The number of hydrogen-bond acceptors (Lipinski definition) is 3. The molecule has 1 aromatic heterocycles. The lowest BCUT2D eigenvalue weighted by Gasteiger charge is -2.10. The van der Waals surface area contributed by atoms with Crippen LogP contribution >= 0.6 is 11.6 Å². The van der Waals surface area contributed by atoms with Crippen molar-refractivity contribution < 1.29 is 12.8 Å². The van der Waals surface area contributed by atoms with Crippen LogP contribution in [0.1, 0.15) is 5.56 Å². The maximum atomic E-state index is 13.0. The van der Waals surface area contributed by atoms with Crippen molar-refractivity contribution in [2.75, 3.05) is 4.72 Å². The van der Waals surface area contributed by atoms with Crippen molar-refractivity contribution in [2.24, 2.45) is 0 Å². The molecule has 0 fully saturated rings. The van der Waals surface area contributed by atoms with Crippen LogP contribution < -0.4 is 4.72 Å². The molecule has 0 saturated carbocycles. The average Bonchev–Trinajstić information content (AvgIpc) is 2.39. The summed E-state index contributed by atoms with van der Waals surface area (Å²) in [6.45, 7) is 0. The fourth-order valence-corrected chi connectivity index (χ4v) is 2.79. The fraction of sp³-hybridized carbons (Fsp3) is 0.0833. The molecule has 0 aliphatic rings. The zero-order valence-corrected chi connectivity index (χ0v) is 11.2. The Bertz CT molecular complexity index is 692. The largest absolute Gasteiger partial charge is 0.279 e. The number of aromatic nitrogens is 1. The smallest absolute Gasteiger partial charge is 0.263 e. The number of pyridine rings is 1. The SMILES string of the molecule is O=S(=O)(Nc1ccccc1CCl)c1cncc(F)c1. The minimum atomic E-state index is -3.88. The van der Waals surface area contributed by atoms with Gasteiger partial charge in [0.05, 0.1) is 11.9 Å². The van der Waals surface area contributed by atoms with Crippen molar-refractivity contribution in [2.45, 2.75) is 10.8 Å². The molecule has 1 heterocycles. The number of alkyl halides is 1. The second kappa shape index (κ2) is 5.54. The first-order valence-electron chi connectivity index (χ1n) is 5.30. The van der Waals surface area contributed by atoms with E-state index in [-0.39, 0.29) is 10.8 Å². The topological polar surface area (TPSA) is 59.1 Å². The van der Waals surface area contributed by atoms with Gasteiger partial charge >= 0.3 is 0 Å². The van der Waals surface area contributed by atoms with Crippen LogP contribution in [0.3, 0.4) is 0 Å². The number of benzene rings is 1. The summed E-state index contributed by atoms with van der Waals surface area (Å²) >= 11 is 5.72. The second-order valence-electron chi connectivity index (χ2n) is 3.74. The van der Waals surface area contributed by atoms with E-state index >= 15 is 0 Å². The monoisotopic (exact) mass is 300 g/mol. The third-order valence-electron chi connectivity index (χ3n) is 2.40. The molecule has 7 heteroatoms. The number of nitrogens with zero attached hydrogens (tertiary/aromatic N) is 1. The van der Waals surface area contributed by atoms with Crippen LogP contribution in [0, 0.1) is 5.82 Å². The van der Waals surface area contributed by atoms with E-state index in [0.717, 1.165) is 18.5 Å². The zero-order chi connectivity index (χ0) is 13.9. The summed E-state index contributed by atoms with van der Waals surface area (Å²) in [5, 5.41) is 0. The first-order valence-corrected chi connectivity index (χ1v) is 7.32. The van der Waals surface area contributed by atoms with E-state index in [1.807, 2.05) is 0 Å². The predicted octanol–water partition coefficient (Wildman–Crippen LogP) is 2.76. The van der Waals surface area contributed by atoms with Gasteiger partial charge in [-0.25, -0.2) is 12.8 Å². The third-order valence-corrected chi connectivity index (χ3v) is 4.02. The van der Waals surface area contributed by atoms with Crippen molar-refractivity contribution in [3.63, 3.8) is 0 Å². The van der Waals surface area contributed by atoms with Gasteiger partial charge in [-0.3, -0.25) is 9.71 Å². The Labute approximate surface area is 115 Å². The highest BCUT2D eigenvalue weighted by Crippen LogP contribution is 2.21. The zero-order valence-electron chi connectivity index (χ0n) is 9.68. The van der Waals surface area contributed by atoms with Crippen LogP contribution in [-0.4, -0.2) is 13.4 Å².